The molecule has 4 nitrogen and oxygen atoms in total. The van der Waals surface area contributed by atoms with Crippen LogP contribution in [0.5, 0.6) is 0 Å². The van der Waals surface area contributed by atoms with E-state index in [9.17, 15) is 8.42 Å². The van der Waals surface area contributed by atoms with Crippen molar-refractivity contribution in [3.8, 4) is 0 Å². The number of hydrogen-bond acceptors (Lipinski definition) is 2. The molecule has 2 atom stereocenters. The quantitative estimate of drug-likeness (QED) is 0.135. The summed E-state index contributed by atoms with van der Waals surface area (Å²) >= 11 is 1.82. The molecule has 0 bridgehead atoms. The summed E-state index contributed by atoms with van der Waals surface area (Å²) in [6.07, 6.45) is 3.29. The number of rotatable bonds is 8. The Morgan fingerprint density at radius 2 is 1.15 bits per heavy atom. The topological polar surface area (TPSA) is 72.0 Å². The van der Waals surface area contributed by atoms with Gasteiger partial charge in [-0.15, -0.1) is 6.04 Å². The molecular formula is C32H35ClN2O2RuSSi. The molecule has 0 spiro atoms. The zero-order valence-electron chi connectivity index (χ0n) is 22.6. The van der Waals surface area contributed by atoms with Crippen LogP contribution >= 0.6 is 9.69 Å². The molecule has 1 fully saturated rings. The fraction of sp³-hybridized carbons (Fsp3) is 0.219. The van der Waals surface area contributed by atoms with Gasteiger partial charge < -0.3 is 17.9 Å². The first-order valence-electron chi connectivity index (χ1n) is 13.0. The summed E-state index contributed by atoms with van der Waals surface area (Å²) in [6, 6.07) is 38.6. The van der Waals surface area contributed by atoms with Crippen molar-refractivity contribution >= 4 is 48.5 Å². The zero-order valence-corrected chi connectivity index (χ0v) is 26.9. The normalized spacial score (nSPS) is 17.1. The van der Waals surface area contributed by atoms with Gasteiger partial charge in [0.1, 0.15) is 0 Å². The van der Waals surface area contributed by atoms with Crippen molar-refractivity contribution in [2.24, 2.45) is 0 Å². The van der Waals surface area contributed by atoms with Crippen LogP contribution < -0.4 is 20.7 Å². The Hall–Kier alpha value is -2.12. The molecule has 0 radical (unpaired) electrons. The van der Waals surface area contributed by atoms with Gasteiger partial charge in [-0.1, -0.05) is 141 Å². The van der Waals surface area contributed by atoms with Gasteiger partial charge in [0.15, 0.2) is 8.07 Å². The summed E-state index contributed by atoms with van der Waals surface area (Å²) in [6.45, 7) is 0. The molecule has 40 heavy (non-hydrogen) atoms. The Morgan fingerprint density at radius 3 is 1.62 bits per heavy atom. The molecule has 0 saturated heterocycles. The molecule has 0 aromatic heterocycles. The van der Waals surface area contributed by atoms with Crippen LogP contribution in [-0.4, -0.2) is 28.6 Å². The van der Waals surface area contributed by atoms with Crippen LogP contribution in [0.3, 0.4) is 0 Å². The van der Waals surface area contributed by atoms with Crippen molar-refractivity contribution in [1.29, 1.82) is 0 Å². The Morgan fingerprint density at radius 1 is 0.725 bits per heavy atom. The predicted molar refractivity (Wildman–Crippen MR) is 169 cm³/mol. The summed E-state index contributed by atoms with van der Waals surface area (Å²) in [5.41, 5.74) is 9.10. The molecule has 210 valence electrons. The first-order valence-corrected chi connectivity index (χ1v) is 18.9. The Bertz CT molecular complexity index is 1330. The van der Waals surface area contributed by atoms with E-state index in [2.05, 4.69) is 93.3 Å². The van der Waals surface area contributed by atoms with E-state index in [0.717, 1.165) is 23.6 Å². The monoisotopic (exact) mass is 676 g/mol. The number of benzene rings is 4. The molecule has 0 aliphatic heterocycles. The van der Waals surface area contributed by atoms with Crippen molar-refractivity contribution in [3.63, 3.8) is 0 Å². The molecule has 0 heterocycles. The second-order valence-electron chi connectivity index (χ2n) is 9.80. The van der Waals surface area contributed by atoms with E-state index >= 15 is 0 Å². The number of halogens is 1. The van der Waals surface area contributed by atoms with E-state index in [1.807, 2.05) is 53.7 Å². The minimum absolute atomic E-state index is 0. The molecule has 1 aliphatic rings. The third kappa shape index (κ3) is 7.20. The summed E-state index contributed by atoms with van der Waals surface area (Å²) in [7, 11) is -2.05. The van der Waals surface area contributed by atoms with Gasteiger partial charge in [-0.3, -0.25) is 0 Å². The van der Waals surface area contributed by atoms with Gasteiger partial charge in [-0.2, -0.15) is 6.04 Å². The standard InChI is InChI=1S/C31H32N2O2SSi.CH3.ClH.Ru/c32-29-21-11-12-22-30(29)33-36(34,35)24-25-14-10-13-23-31(25)37(26-15-4-1-5-16-26,27-17-6-2-7-18-27)28-19-8-3-9-20-28;;;/h1-10,13-20,23,29-30,32H,11-12,21-22,24H2;1H3;1H;/q-2;-1;;+4/p-1. The van der Waals surface area contributed by atoms with Crippen LogP contribution in [0, 0.1) is 7.43 Å². The van der Waals surface area contributed by atoms with E-state index in [-0.39, 0.29) is 13.2 Å². The minimum Gasteiger partial charge on any atom is -0.676 e. The van der Waals surface area contributed by atoms with Crippen LogP contribution in [0.2, 0.25) is 0 Å². The average Bonchev–Trinajstić information content (AvgIpc) is 2.98. The first kappa shape index (κ1) is 32.4. The third-order valence-corrected chi connectivity index (χ3v) is 13.6. The number of hydrogen-bond donors (Lipinski definition) is 0. The molecule has 2 unspecified atom stereocenters. The molecule has 0 amide bonds. The van der Waals surface area contributed by atoms with Gasteiger partial charge >= 0.3 is 27.0 Å². The zero-order chi connectivity index (χ0) is 27.7. The molecule has 1 aliphatic carbocycles. The predicted octanol–water partition coefficient (Wildman–Crippen LogP) is 5.77. The van der Waals surface area contributed by atoms with Crippen LogP contribution in [0.1, 0.15) is 31.2 Å². The second kappa shape index (κ2) is 15.2. The maximum Gasteiger partial charge on any atom is 0.179 e. The Kier molecular flexibility index (Phi) is 12.3. The first-order chi connectivity index (χ1) is 19.0. The smallest absolute Gasteiger partial charge is 0.179 e. The van der Waals surface area contributed by atoms with Crippen LogP contribution in [-0.2, 0) is 33.1 Å². The van der Waals surface area contributed by atoms with Crippen molar-refractivity contribution in [3.05, 3.63) is 139 Å². The number of nitrogens with zero attached hydrogens (tertiary/aromatic N) is 1. The Balaban J connectivity index is 0.00000144. The largest absolute Gasteiger partial charge is 0.676 e. The summed E-state index contributed by atoms with van der Waals surface area (Å²) in [5.74, 6) is -0.159. The molecular weight excluding hydrogens is 641 g/mol. The van der Waals surface area contributed by atoms with E-state index in [0.29, 0.717) is 12.8 Å². The van der Waals surface area contributed by atoms with Crippen LogP contribution in [0.15, 0.2) is 115 Å². The molecule has 1 saturated carbocycles. The molecule has 1 N–H and O–H groups in total. The summed E-state index contributed by atoms with van der Waals surface area (Å²) in [5, 5.41) is 4.66. The summed E-state index contributed by atoms with van der Waals surface area (Å²) < 4.78 is 31.2. The van der Waals surface area contributed by atoms with Crippen LogP contribution in [0.4, 0.5) is 0 Å². The number of sulfonamides is 1. The van der Waals surface area contributed by atoms with Gasteiger partial charge in [0.25, 0.3) is 0 Å². The van der Waals surface area contributed by atoms with Crippen molar-refractivity contribution < 1.29 is 25.7 Å². The van der Waals surface area contributed by atoms with Crippen LogP contribution in [0.25, 0.3) is 10.5 Å². The van der Waals surface area contributed by atoms with Crippen molar-refractivity contribution in [2.45, 2.75) is 43.5 Å². The third-order valence-electron chi connectivity index (χ3n) is 7.41. The molecule has 5 rings (SSSR count). The maximum absolute atomic E-state index is 13.5. The maximum atomic E-state index is 13.5. The molecule has 4 aromatic carbocycles. The SMILES string of the molecule is [CH3-].[Cl][Ru+3].[NH-]C1CCCCC1[N-]S(=O)(=O)Cc1ccccc1[Si](c1ccccc1)(c1ccccc1)c1ccccc1. The number of nitrogens with one attached hydrogen (secondary N) is 1. The van der Waals surface area contributed by atoms with Gasteiger partial charge in [-0.05, 0) is 26.3 Å². The fourth-order valence-electron chi connectivity index (χ4n) is 5.72. The fourth-order valence-corrected chi connectivity index (χ4v) is 12.2. The van der Waals surface area contributed by atoms with Gasteiger partial charge in [0.05, 0.1) is 15.8 Å². The van der Waals surface area contributed by atoms with Crippen molar-refractivity contribution in [2.75, 3.05) is 0 Å². The van der Waals surface area contributed by atoms with Gasteiger partial charge in [0, 0.05) is 0 Å². The van der Waals surface area contributed by atoms with E-state index in [1.165, 1.54) is 15.6 Å². The minimum atomic E-state index is -3.77. The van der Waals surface area contributed by atoms with E-state index in [1.54, 1.807) is 0 Å². The van der Waals surface area contributed by atoms with Gasteiger partial charge in [-0.25, -0.2) is 8.42 Å². The second-order valence-corrected chi connectivity index (χ2v) is 15.2. The van der Waals surface area contributed by atoms with Gasteiger partial charge in [0.2, 0.25) is 0 Å². The Labute approximate surface area is 255 Å². The van der Waals surface area contributed by atoms with E-state index < -0.39 is 30.2 Å². The molecule has 4 aromatic rings. The van der Waals surface area contributed by atoms with Crippen molar-refractivity contribution in [1.82, 2.24) is 0 Å². The average molecular weight is 676 g/mol. The molecule has 8 heteroatoms. The summed E-state index contributed by atoms with van der Waals surface area (Å²) in [4.78, 5) is 0. The van der Waals surface area contributed by atoms with E-state index in [4.69, 9.17) is 5.73 Å².